The van der Waals surface area contributed by atoms with Gasteiger partial charge in [-0.05, 0) is 30.2 Å². The topological polar surface area (TPSA) is 41.1 Å². The number of hydrogen-bond donors (Lipinski definition) is 2. The Bertz CT molecular complexity index is 566. The summed E-state index contributed by atoms with van der Waals surface area (Å²) in [5.74, 6) is -0.0490. The van der Waals surface area contributed by atoms with Crippen LogP contribution >= 0.6 is 0 Å². The Morgan fingerprint density at radius 3 is 2.55 bits per heavy atom. The molecule has 0 aliphatic carbocycles. The monoisotopic (exact) mass is 268 g/mol. The first-order valence-electron chi connectivity index (χ1n) is 6.80. The van der Waals surface area contributed by atoms with Crippen LogP contribution in [0.2, 0.25) is 0 Å². The van der Waals surface area contributed by atoms with Crippen molar-refractivity contribution in [3.8, 4) is 0 Å². The largest absolute Gasteiger partial charge is 0.326 e. The molecule has 3 nitrogen and oxygen atoms in total. The number of benzene rings is 2. The number of rotatable bonds is 5. The molecule has 0 aromatic heterocycles. The number of carbonyl (C=O) groups is 1. The van der Waals surface area contributed by atoms with E-state index in [-0.39, 0.29) is 11.9 Å². The summed E-state index contributed by atoms with van der Waals surface area (Å²) in [4.78, 5) is 11.1. The second-order valence-electron chi connectivity index (χ2n) is 4.89. The zero-order valence-electron chi connectivity index (χ0n) is 11.9. The van der Waals surface area contributed by atoms with Gasteiger partial charge in [0.2, 0.25) is 5.91 Å². The average molecular weight is 268 g/mol. The van der Waals surface area contributed by atoms with Gasteiger partial charge in [0.1, 0.15) is 0 Å². The molecular weight excluding hydrogens is 248 g/mol. The average Bonchev–Trinajstić information content (AvgIpc) is 2.45. The lowest BCUT2D eigenvalue weighted by Crippen LogP contribution is -2.18. The molecule has 2 aromatic carbocycles. The van der Waals surface area contributed by atoms with Gasteiger partial charge in [0.15, 0.2) is 0 Å². The van der Waals surface area contributed by atoms with Crippen LogP contribution in [0, 0.1) is 0 Å². The number of hydrogen-bond acceptors (Lipinski definition) is 2. The fourth-order valence-electron chi connectivity index (χ4n) is 2.07. The van der Waals surface area contributed by atoms with Crippen LogP contribution in [0.15, 0.2) is 54.6 Å². The van der Waals surface area contributed by atoms with Gasteiger partial charge in [0.05, 0.1) is 0 Å². The summed E-state index contributed by atoms with van der Waals surface area (Å²) in [5, 5.41) is 6.29. The molecule has 0 spiro atoms. The van der Waals surface area contributed by atoms with Crippen molar-refractivity contribution in [2.45, 2.75) is 26.4 Å². The quantitative estimate of drug-likeness (QED) is 0.871. The molecule has 20 heavy (non-hydrogen) atoms. The molecule has 0 aliphatic heterocycles. The summed E-state index contributed by atoms with van der Waals surface area (Å²) in [6, 6.07) is 18.5. The third-order valence-corrected chi connectivity index (χ3v) is 3.16. The van der Waals surface area contributed by atoms with Crippen LogP contribution in [0.1, 0.15) is 31.0 Å². The molecule has 0 heterocycles. The number of carbonyl (C=O) groups excluding carboxylic acids is 1. The predicted octanol–water partition coefficient (Wildman–Crippen LogP) is 3.50. The Hall–Kier alpha value is -2.13. The molecule has 2 aromatic rings. The molecular formula is C17H20N2O. The van der Waals surface area contributed by atoms with Crippen molar-refractivity contribution in [2.24, 2.45) is 0 Å². The lowest BCUT2D eigenvalue weighted by atomic mass is 10.1. The highest BCUT2D eigenvalue weighted by atomic mass is 16.1. The Balaban J connectivity index is 1.98. The van der Waals surface area contributed by atoms with Crippen LogP contribution in [0.4, 0.5) is 5.69 Å². The molecule has 104 valence electrons. The molecule has 0 fully saturated rings. The third-order valence-electron chi connectivity index (χ3n) is 3.16. The van der Waals surface area contributed by atoms with E-state index in [9.17, 15) is 4.79 Å². The first-order chi connectivity index (χ1) is 9.65. The number of nitrogens with one attached hydrogen (secondary N) is 2. The van der Waals surface area contributed by atoms with Gasteiger partial charge in [-0.1, -0.05) is 42.5 Å². The molecule has 0 radical (unpaired) electrons. The maximum atomic E-state index is 11.1. The van der Waals surface area contributed by atoms with Crippen LogP contribution < -0.4 is 10.6 Å². The predicted molar refractivity (Wildman–Crippen MR) is 82.4 cm³/mol. The SMILES string of the molecule is CC(=O)Nc1cccc([C@@H](C)NCc2ccccc2)c1. The molecule has 0 saturated heterocycles. The Morgan fingerprint density at radius 1 is 1.10 bits per heavy atom. The minimum atomic E-state index is -0.0490. The minimum Gasteiger partial charge on any atom is -0.326 e. The lowest BCUT2D eigenvalue weighted by molar-refractivity contribution is -0.114. The standard InChI is InChI=1S/C17H20N2O/c1-13(18-12-15-7-4-3-5-8-15)16-9-6-10-17(11-16)19-14(2)20/h3-11,13,18H,12H2,1-2H3,(H,19,20)/t13-/m1/s1. The summed E-state index contributed by atoms with van der Waals surface area (Å²) in [6.07, 6.45) is 0. The summed E-state index contributed by atoms with van der Waals surface area (Å²) < 4.78 is 0. The molecule has 3 heteroatoms. The first kappa shape index (κ1) is 14.3. The lowest BCUT2D eigenvalue weighted by Gasteiger charge is -2.15. The number of amides is 1. The van der Waals surface area contributed by atoms with Gasteiger partial charge in [-0.15, -0.1) is 0 Å². The van der Waals surface area contributed by atoms with Crippen molar-refractivity contribution in [3.05, 3.63) is 65.7 Å². The summed E-state index contributed by atoms with van der Waals surface area (Å²) in [7, 11) is 0. The van der Waals surface area contributed by atoms with E-state index in [1.807, 2.05) is 36.4 Å². The fourth-order valence-corrected chi connectivity index (χ4v) is 2.07. The van der Waals surface area contributed by atoms with E-state index in [1.165, 1.54) is 12.5 Å². The zero-order valence-corrected chi connectivity index (χ0v) is 11.9. The Morgan fingerprint density at radius 2 is 1.85 bits per heavy atom. The second kappa shape index (κ2) is 6.87. The Kier molecular flexibility index (Phi) is 4.91. The van der Waals surface area contributed by atoms with Gasteiger partial charge in [-0.25, -0.2) is 0 Å². The normalized spacial score (nSPS) is 11.9. The van der Waals surface area contributed by atoms with E-state index in [2.05, 4.69) is 35.8 Å². The van der Waals surface area contributed by atoms with E-state index in [0.29, 0.717) is 0 Å². The van der Waals surface area contributed by atoms with E-state index >= 15 is 0 Å². The van der Waals surface area contributed by atoms with Crippen molar-refractivity contribution < 1.29 is 4.79 Å². The highest BCUT2D eigenvalue weighted by molar-refractivity contribution is 5.88. The highest BCUT2D eigenvalue weighted by Gasteiger charge is 2.06. The van der Waals surface area contributed by atoms with Crippen LogP contribution in [0.25, 0.3) is 0 Å². The molecule has 0 saturated carbocycles. The van der Waals surface area contributed by atoms with Gasteiger partial charge in [-0.3, -0.25) is 4.79 Å². The van der Waals surface area contributed by atoms with Crippen molar-refractivity contribution in [2.75, 3.05) is 5.32 Å². The van der Waals surface area contributed by atoms with Crippen molar-refractivity contribution >= 4 is 11.6 Å². The van der Waals surface area contributed by atoms with Gasteiger partial charge < -0.3 is 10.6 Å². The van der Waals surface area contributed by atoms with Gasteiger partial charge in [0, 0.05) is 25.2 Å². The maximum Gasteiger partial charge on any atom is 0.221 e. The molecule has 1 atom stereocenters. The van der Waals surface area contributed by atoms with E-state index < -0.39 is 0 Å². The third kappa shape index (κ3) is 4.21. The van der Waals surface area contributed by atoms with Crippen molar-refractivity contribution in [3.63, 3.8) is 0 Å². The molecule has 1 amide bonds. The number of anilines is 1. The van der Waals surface area contributed by atoms with Crippen LogP contribution in [0.5, 0.6) is 0 Å². The molecule has 0 bridgehead atoms. The van der Waals surface area contributed by atoms with Gasteiger partial charge >= 0.3 is 0 Å². The van der Waals surface area contributed by atoms with Gasteiger partial charge in [-0.2, -0.15) is 0 Å². The molecule has 0 aliphatic rings. The van der Waals surface area contributed by atoms with Crippen molar-refractivity contribution in [1.29, 1.82) is 0 Å². The maximum absolute atomic E-state index is 11.1. The highest BCUT2D eigenvalue weighted by Crippen LogP contribution is 2.17. The van der Waals surface area contributed by atoms with Gasteiger partial charge in [0.25, 0.3) is 0 Å². The smallest absolute Gasteiger partial charge is 0.221 e. The zero-order chi connectivity index (χ0) is 14.4. The van der Waals surface area contributed by atoms with Crippen LogP contribution in [-0.2, 0) is 11.3 Å². The summed E-state index contributed by atoms with van der Waals surface area (Å²) in [5.41, 5.74) is 3.26. The summed E-state index contributed by atoms with van der Waals surface area (Å²) in [6.45, 7) is 4.46. The van der Waals surface area contributed by atoms with Crippen LogP contribution in [0.3, 0.4) is 0 Å². The van der Waals surface area contributed by atoms with E-state index in [0.717, 1.165) is 17.8 Å². The fraction of sp³-hybridized carbons (Fsp3) is 0.235. The summed E-state index contributed by atoms with van der Waals surface area (Å²) >= 11 is 0. The molecule has 0 unspecified atom stereocenters. The van der Waals surface area contributed by atoms with Crippen molar-refractivity contribution in [1.82, 2.24) is 5.32 Å². The molecule has 2 N–H and O–H groups in total. The van der Waals surface area contributed by atoms with Crippen LogP contribution in [-0.4, -0.2) is 5.91 Å². The first-order valence-corrected chi connectivity index (χ1v) is 6.80. The molecule has 2 rings (SSSR count). The van der Waals surface area contributed by atoms with E-state index in [4.69, 9.17) is 0 Å². The van der Waals surface area contributed by atoms with E-state index in [1.54, 1.807) is 0 Å². The Labute approximate surface area is 120 Å². The minimum absolute atomic E-state index is 0.0490. The second-order valence-corrected chi connectivity index (χ2v) is 4.89.